The van der Waals surface area contributed by atoms with Gasteiger partial charge in [-0.2, -0.15) is 0 Å². The van der Waals surface area contributed by atoms with Crippen LogP contribution in [0.15, 0.2) is 28.7 Å². The molecule has 6 heteroatoms. The average Bonchev–Trinajstić information content (AvgIpc) is 2.94. The number of hydrogen-bond donors (Lipinski definition) is 1. The van der Waals surface area contributed by atoms with Gasteiger partial charge < -0.3 is 10.2 Å². The molecule has 0 bridgehead atoms. The van der Waals surface area contributed by atoms with Crippen molar-refractivity contribution in [2.75, 3.05) is 6.54 Å². The van der Waals surface area contributed by atoms with Gasteiger partial charge in [-0.25, -0.2) is 4.39 Å². The third-order valence-electron chi connectivity index (χ3n) is 2.52. The monoisotopic (exact) mass is 263 g/mol. The fraction of sp³-hybridized carbons (Fsp3) is 0.167. The summed E-state index contributed by atoms with van der Waals surface area (Å²) < 4.78 is 19.4. The van der Waals surface area contributed by atoms with E-state index in [0.717, 1.165) is 15.0 Å². The van der Waals surface area contributed by atoms with Crippen molar-refractivity contribution in [2.45, 2.75) is 6.42 Å². The average molecular weight is 263 g/mol. The standard InChI is InChI=1S/C12H10FN3OS/c13-8-2-1-7-5-10(18-9(7)6-8)12-16-15-11(17-12)3-4-14/h1-2,5-6H,3-4,14H2. The lowest BCUT2D eigenvalue weighted by molar-refractivity contribution is 0.508. The molecule has 1 aromatic carbocycles. The van der Waals surface area contributed by atoms with Gasteiger partial charge in [0, 0.05) is 17.7 Å². The molecular formula is C12H10FN3OS. The van der Waals surface area contributed by atoms with Crippen LogP contribution >= 0.6 is 11.3 Å². The third-order valence-corrected chi connectivity index (χ3v) is 3.60. The van der Waals surface area contributed by atoms with Crippen LogP contribution in [0.3, 0.4) is 0 Å². The van der Waals surface area contributed by atoms with Crippen LogP contribution in [0.5, 0.6) is 0 Å². The Balaban J connectivity index is 2.02. The van der Waals surface area contributed by atoms with Crippen molar-refractivity contribution >= 4 is 21.4 Å². The Morgan fingerprint density at radius 2 is 2.17 bits per heavy atom. The van der Waals surface area contributed by atoms with Crippen molar-refractivity contribution in [1.82, 2.24) is 10.2 Å². The summed E-state index contributed by atoms with van der Waals surface area (Å²) in [5, 5.41) is 8.84. The molecule has 0 aliphatic carbocycles. The largest absolute Gasteiger partial charge is 0.420 e. The maximum absolute atomic E-state index is 13.1. The van der Waals surface area contributed by atoms with Crippen LogP contribution in [0, 0.1) is 5.82 Å². The molecule has 0 radical (unpaired) electrons. The number of hydrogen-bond acceptors (Lipinski definition) is 5. The summed E-state index contributed by atoms with van der Waals surface area (Å²) in [6.45, 7) is 0.471. The number of fused-ring (bicyclic) bond motifs is 1. The van der Waals surface area contributed by atoms with E-state index in [-0.39, 0.29) is 5.82 Å². The molecule has 0 atom stereocenters. The normalized spacial score (nSPS) is 11.2. The van der Waals surface area contributed by atoms with E-state index >= 15 is 0 Å². The fourth-order valence-corrected chi connectivity index (χ4v) is 2.70. The van der Waals surface area contributed by atoms with Crippen LogP contribution in [0.1, 0.15) is 5.89 Å². The topological polar surface area (TPSA) is 64.9 Å². The predicted octanol–water partition coefficient (Wildman–Crippen LogP) is 2.59. The van der Waals surface area contributed by atoms with Crippen molar-refractivity contribution in [1.29, 1.82) is 0 Å². The Kier molecular flexibility index (Phi) is 2.81. The highest BCUT2D eigenvalue weighted by Crippen LogP contribution is 2.33. The minimum Gasteiger partial charge on any atom is -0.420 e. The van der Waals surface area contributed by atoms with Crippen LogP contribution < -0.4 is 5.73 Å². The first-order valence-corrected chi connectivity index (χ1v) is 6.30. The lowest BCUT2D eigenvalue weighted by Gasteiger charge is -1.87. The first-order valence-electron chi connectivity index (χ1n) is 5.48. The molecule has 0 saturated carbocycles. The van der Waals surface area contributed by atoms with Crippen molar-refractivity contribution in [2.24, 2.45) is 5.73 Å². The molecule has 3 aromatic rings. The summed E-state index contributed by atoms with van der Waals surface area (Å²) in [5.74, 6) is 0.737. The van der Waals surface area contributed by atoms with E-state index < -0.39 is 0 Å². The summed E-state index contributed by atoms with van der Waals surface area (Å²) in [5.41, 5.74) is 5.42. The maximum Gasteiger partial charge on any atom is 0.257 e. The van der Waals surface area contributed by atoms with E-state index in [0.29, 0.717) is 24.7 Å². The van der Waals surface area contributed by atoms with Gasteiger partial charge in [-0.15, -0.1) is 21.5 Å². The highest BCUT2D eigenvalue weighted by atomic mass is 32.1. The molecule has 92 valence electrons. The molecule has 0 saturated heterocycles. The molecular weight excluding hydrogens is 253 g/mol. The number of benzene rings is 1. The van der Waals surface area contributed by atoms with Crippen LogP contribution in [-0.4, -0.2) is 16.7 Å². The number of aromatic nitrogens is 2. The maximum atomic E-state index is 13.1. The van der Waals surface area contributed by atoms with Crippen molar-refractivity contribution < 1.29 is 8.81 Å². The van der Waals surface area contributed by atoms with Crippen molar-refractivity contribution in [3.63, 3.8) is 0 Å². The Morgan fingerprint density at radius 3 is 3.00 bits per heavy atom. The Hall–Kier alpha value is -1.79. The fourth-order valence-electron chi connectivity index (χ4n) is 1.69. The van der Waals surface area contributed by atoms with Crippen molar-refractivity contribution in [3.05, 3.63) is 36.0 Å². The van der Waals surface area contributed by atoms with Crippen LogP contribution in [0.25, 0.3) is 20.9 Å². The van der Waals surface area contributed by atoms with Gasteiger partial charge in [0.1, 0.15) is 5.82 Å². The number of halogens is 1. The minimum absolute atomic E-state index is 0.245. The molecule has 2 N–H and O–H groups in total. The number of rotatable bonds is 3. The quantitative estimate of drug-likeness (QED) is 0.788. The summed E-state index contributed by atoms with van der Waals surface area (Å²) in [4.78, 5) is 0.839. The highest BCUT2D eigenvalue weighted by molar-refractivity contribution is 7.22. The molecule has 0 amide bonds. The SMILES string of the molecule is NCCc1nnc(-c2cc3ccc(F)cc3s2)o1. The van der Waals surface area contributed by atoms with Gasteiger partial charge in [0.2, 0.25) is 5.89 Å². The second kappa shape index (κ2) is 4.47. The van der Waals surface area contributed by atoms with Gasteiger partial charge in [0.05, 0.1) is 4.88 Å². The molecule has 18 heavy (non-hydrogen) atoms. The lowest BCUT2D eigenvalue weighted by atomic mass is 10.2. The van der Waals surface area contributed by atoms with E-state index in [1.807, 2.05) is 6.07 Å². The molecule has 0 aliphatic rings. The molecule has 0 fully saturated rings. The van der Waals surface area contributed by atoms with E-state index in [1.54, 1.807) is 6.07 Å². The van der Waals surface area contributed by atoms with Crippen LogP contribution in [-0.2, 0) is 6.42 Å². The van der Waals surface area contributed by atoms with Gasteiger partial charge in [0.15, 0.2) is 0 Å². The molecule has 3 rings (SSSR count). The molecule has 2 aromatic heterocycles. The molecule has 4 nitrogen and oxygen atoms in total. The van der Waals surface area contributed by atoms with Gasteiger partial charge >= 0.3 is 0 Å². The summed E-state index contributed by atoms with van der Waals surface area (Å²) >= 11 is 1.43. The van der Waals surface area contributed by atoms with E-state index in [2.05, 4.69) is 10.2 Å². The zero-order chi connectivity index (χ0) is 12.5. The van der Waals surface area contributed by atoms with Gasteiger partial charge in [0.25, 0.3) is 5.89 Å². The summed E-state index contributed by atoms with van der Waals surface area (Å²) in [7, 11) is 0. The van der Waals surface area contributed by atoms with Crippen LogP contribution in [0.4, 0.5) is 4.39 Å². The molecule has 0 spiro atoms. The van der Waals surface area contributed by atoms with E-state index in [9.17, 15) is 4.39 Å². The second-order valence-corrected chi connectivity index (χ2v) is 4.92. The second-order valence-electron chi connectivity index (χ2n) is 3.83. The van der Waals surface area contributed by atoms with E-state index in [1.165, 1.54) is 23.5 Å². The lowest BCUT2D eigenvalue weighted by Crippen LogP contribution is -2.02. The number of nitrogens with zero attached hydrogens (tertiary/aromatic N) is 2. The van der Waals surface area contributed by atoms with Gasteiger partial charge in [-0.1, -0.05) is 6.07 Å². The number of nitrogens with two attached hydrogens (primary N) is 1. The summed E-state index contributed by atoms with van der Waals surface area (Å²) in [6.07, 6.45) is 0.562. The molecule has 0 unspecified atom stereocenters. The van der Waals surface area contributed by atoms with Crippen LogP contribution in [0.2, 0.25) is 0 Å². The minimum atomic E-state index is -0.245. The van der Waals surface area contributed by atoms with Gasteiger partial charge in [-0.3, -0.25) is 0 Å². The van der Waals surface area contributed by atoms with Gasteiger partial charge in [-0.05, 0) is 23.6 Å². The molecule has 2 heterocycles. The highest BCUT2D eigenvalue weighted by Gasteiger charge is 2.11. The predicted molar refractivity (Wildman–Crippen MR) is 67.8 cm³/mol. The van der Waals surface area contributed by atoms with Crippen molar-refractivity contribution in [3.8, 4) is 10.8 Å². The first kappa shape index (κ1) is 11.3. The smallest absolute Gasteiger partial charge is 0.257 e. The third kappa shape index (κ3) is 2.00. The number of thiophene rings is 1. The zero-order valence-corrected chi connectivity index (χ0v) is 10.2. The first-order chi connectivity index (χ1) is 8.76. The molecule has 0 aliphatic heterocycles. The Labute approximate surface area is 106 Å². The summed E-state index contributed by atoms with van der Waals surface area (Å²) in [6, 6.07) is 6.59. The van der Waals surface area contributed by atoms with E-state index in [4.69, 9.17) is 10.2 Å². The Bertz CT molecular complexity index is 692. The zero-order valence-electron chi connectivity index (χ0n) is 9.39. The Morgan fingerprint density at radius 1 is 1.28 bits per heavy atom.